The first-order valence-electron chi connectivity index (χ1n) is 4.98. The molecule has 0 atom stereocenters. The lowest BCUT2D eigenvalue weighted by Crippen LogP contribution is -2.04. The molecule has 2 rings (SSSR count). The van der Waals surface area contributed by atoms with Gasteiger partial charge in [-0.3, -0.25) is 0 Å². The van der Waals surface area contributed by atoms with Gasteiger partial charge < -0.3 is 10.1 Å². The summed E-state index contributed by atoms with van der Waals surface area (Å²) in [5.74, 6) is 1.26. The zero-order valence-corrected chi connectivity index (χ0v) is 9.98. The van der Waals surface area contributed by atoms with E-state index in [1.165, 1.54) is 12.7 Å². The van der Waals surface area contributed by atoms with Gasteiger partial charge >= 0.3 is 0 Å². The van der Waals surface area contributed by atoms with E-state index < -0.39 is 0 Å². The third-order valence-electron chi connectivity index (χ3n) is 2.19. The topological polar surface area (TPSA) is 59.9 Å². The zero-order chi connectivity index (χ0) is 12.1. The number of hydrogen-bond donors (Lipinski definition) is 1. The van der Waals surface area contributed by atoms with Crippen molar-refractivity contribution in [2.75, 3.05) is 12.4 Å². The van der Waals surface area contributed by atoms with Gasteiger partial charge in [-0.1, -0.05) is 17.7 Å². The van der Waals surface area contributed by atoms with Gasteiger partial charge in [-0.25, -0.2) is 15.0 Å². The highest BCUT2D eigenvalue weighted by atomic mass is 35.5. The summed E-state index contributed by atoms with van der Waals surface area (Å²) in [6.07, 6.45) is 2.87. The van der Waals surface area contributed by atoms with Crippen molar-refractivity contribution >= 4 is 17.5 Å². The largest absolute Gasteiger partial charge is 0.497 e. The molecule has 0 saturated heterocycles. The molecule has 6 heteroatoms. The Kier molecular flexibility index (Phi) is 3.72. The quantitative estimate of drug-likeness (QED) is 0.901. The van der Waals surface area contributed by atoms with E-state index in [0.717, 1.165) is 11.3 Å². The fraction of sp³-hybridized carbons (Fsp3) is 0.182. The van der Waals surface area contributed by atoms with E-state index in [1.807, 2.05) is 12.1 Å². The number of aromatic nitrogens is 3. The van der Waals surface area contributed by atoms with E-state index in [9.17, 15) is 0 Å². The van der Waals surface area contributed by atoms with Crippen LogP contribution in [0.5, 0.6) is 5.75 Å². The summed E-state index contributed by atoms with van der Waals surface area (Å²) in [5, 5.41) is 3.70. The summed E-state index contributed by atoms with van der Waals surface area (Å²) in [5.41, 5.74) is 0.952. The normalized spacial score (nSPS) is 10.0. The summed E-state index contributed by atoms with van der Waals surface area (Å²) in [4.78, 5) is 11.6. The third kappa shape index (κ3) is 3.04. The van der Waals surface area contributed by atoms with Crippen LogP contribution in [-0.4, -0.2) is 22.1 Å². The van der Waals surface area contributed by atoms with Crippen molar-refractivity contribution in [1.29, 1.82) is 0 Å². The second-order valence-electron chi connectivity index (χ2n) is 3.27. The van der Waals surface area contributed by atoms with Crippen molar-refractivity contribution in [2.24, 2.45) is 0 Å². The van der Waals surface area contributed by atoms with Crippen LogP contribution in [0.25, 0.3) is 0 Å². The minimum Gasteiger partial charge on any atom is -0.497 e. The molecule has 1 heterocycles. The Labute approximate surface area is 104 Å². The van der Waals surface area contributed by atoms with E-state index in [-0.39, 0.29) is 0 Å². The van der Waals surface area contributed by atoms with Crippen molar-refractivity contribution < 1.29 is 4.74 Å². The third-order valence-corrected chi connectivity index (χ3v) is 2.54. The summed E-state index contributed by atoms with van der Waals surface area (Å²) >= 11 is 6.10. The Morgan fingerprint density at radius 3 is 2.71 bits per heavy atom. The molecule has 1 aromatic heterocycles. The van der Waals surface area contributed by atoms with E-state index in [1.54, 1.807) is 13.2 Å². The number of halogens is 1. The number of ether oxygens (including phenoxy) is 1. The van der Waals surface area contributed by atoms with E-state index in [0.29, 0.717) is 17.5 Å². The van der Waals surface area contributed by atoms with Crippen molar-refractivity contribution in [3.05, 3.63) is 41.4 Å². The average Bonchev–Trinajstić information content (AvgIpc) is 2.38. The molecule has 88 valence electrons. The molecule has 17 heavy (non-hydrogen) atoms. The highest BCUT2D eigenvalue weighted by molar-refractivity contribution is 6.31. The van der Waals surface area contributed by atoms with Gasteiger partial charge in [0.2, 0.25) is 5.95 Å². The predicted octanol–water partition coefficient (Wildman–Crippen LogP) is 2.15. The molecule has 0 aliphatic heterocycles. The fourth-order valence-electron chi connectivity index (χ4n) is 1.30. The Bertz CT molecular complexity index is 492. The van der Waals surface area contributed by atoms with Crippen LogP contribution >= 0.6 is 11.6 Å². The van der Waals surface area contributed by atoms with Crippen molar-refractivity contribution in [3.63, 3.8) is 0 Å². The molecule has 0 fully saturated rings. The maximum absolute atomic E-state index is 6.10. The molecule has 0 radical (unpaired) electrons. The Morgan fingerprint density at radius 2 is 2.06 bits per heavy atom. The second-order valence-corrected chi connectivity index (χ2v) is 3.68. The molecular weight excluding hydrogens is 240 g/mol. The lowest BCUT2D eigenvalue weighted by Gasteiger charge is -2.07. The van der Waals surface area contributed by atoms with Gasteiger partial charge in [-0.05, 0) is 17.7 Å². The molecule has 5 nitrogen and oxygen atoms in total. The van der Waals surface area contributed by atoms with Crippen molar-refractivity contribution in [2.45, 2.75) is 6.54 Å². The number of nitrogens with zero attached hydrogens (tertiary/aromatic N) is 3. The van der Waals surface area contributed by atoms with Gasteiger partial charge in [-0.15, -0.1) is 0 Å². The van der Waals surface area contributed by atoms with E-state index in [4.69, 9.17) is 16.3 Å². The van der Waals surface area contributed by atoms with Gasteiger partial charge in [0.15, 0.2) is 0 Å². The van der Waals surface area contributed by atoms with Gasteiger partial charge in [0.05, 0.1) is 7.11 Å². The summed E-state index contributed by atoms with van der Waals surface area (Å²) in [6, 6.07) is 5.53. The molecule has 1 N–H and O–H groups in total. The molecular formula is C11H11ClN4O. The first-order chi connectivity index (χ1) is 8.29. The smallest absolute Gasteiger partial charge is 0.225 e. The number of hydrogen-bond acceptors (Lipinski definition) is 5. The first kappa shape index (κ1) is 11.6. The zero-order valence-electron chi connectivity index (χ0n) is 9.22. The van der Waals surface area contributed by atoms with Crippen LogP contribution in [0.2, 0.25) is 5.02 Å². The molecule has 0 saturated carbocycles. The maximum atomic E-state index is 6.10. The fourth-order valence-corrected chi connectivity index (χ4v) is 1.54. The minimum absolute atomic E-state index is 0.520. The molecule has 2 aromatic rings. The van der Waals surface area contributed by atoms with Crippen molar-refractivity contribution in [1.82, 2.24) is 15.0 Å². The predicted molar refractivity (Wildman–Crippen MR) is 65.2 cm³/mol. The molecule has 0 aliphatic carbocycles. The SMILES string of the molecule is COc1ccc(CNc2ncncn2)c(Cl)c1. The highest BCUT2D eigenvalue weighted by Crippen LogP contribution is 2.22. The van der Waals surface area contributed by atoms with E-state index >= 15 is 0 Å². The van der Waals surface area contributed by atoms with Gasteiger partial charge in [0.1, 0.15) is 18.4 Å². The second kappa shape index (κ2) is 5.45. The van der Waals surface area contributed by atoms with Crippen LogP contribution in [0.4, 0.5) is 5.95 Å². The molecule has 1 aromatic carbocycles. The number of rotatable bonds is 4. The Hall–Kier alpha value is -1.88. The lowest BCUT2D eigenvalue weighted by atomic mass is 10.2. The van der Waals surface area contributed by atoms with Crippen molar-refractivity contribution in [3.8, 4) is 5.75 Å². The lowest BCUT2D eigenvalue weighted by molar-refractivity contribution is 0.414. The number of methoxy groups -OCH3 is 1. The van der Waals surface area contributed by atoms with Crippen LogP contribution in [0.15, 0.2) is 30.9 Å². The molecule has 0 amide bonds. The van der Waals surface area contributed by atoms with Gasteiger partial charge in [0, 0.05) is 11.6 Å². The molecule has 0 aliphatic rings. The summed E-state index contributed by atoms with van der Waals surface area (Å²) < 4.78 is 5.07. The molecule has 0 spiro atoms. The average molecular weight is 251 g/mol. The highest BCUT2D eigenvalue weighted by Gasteiger charge is 2.02. The van der Waals surface area contributed by atoms with Crippen LogP contribution in [-0.2, 0) is 6.54 Å². The first-order valence-corrected chi connectivity index (χ1v) is 5.35. The monoisotopic (exact) mass is 250 g/mol. The number of nitrogens with one attached hydrogen (secondary N) is 1. The van der Waals surface area contributed by atoms with Crippen LogP contribution in [0.1, 0.15) is 5.56 Å². The van der Waals surface area contributed by atoms with Crippen LogP contribution < -0.4 is 10.1 Å². The van der Waals surface area contributed by atoms with E-state index in [2.05, 4.69) is 20.3 Å². The van der Waals surface area contributed by atoms with Gasteiger partial charge in [0.25, 0.3) is 0 Å². The van der Waals surface area contributed by atoms with Gasteiger partial charge in [-0.2, -0.15) is 0 Å². The Morgan fingerprint density at radius 1 is 1.29 bits per heavy atom. The summed E-state index contributed by atoms with van der Waals surface area (Å²) in [6.45, 7) is 0.548. The minimum atomic E-state index is 0.520. The number of benzene rings is 1. The standard InChI is InChI=1S/C11H11ClN4O/c1-17-9-3-2-8(10(12)4-9)5-14-11-15-6-13-7-16-11/h2-4,6-7H,5H2,1H3,(H,13,14,15,16). The maximum Gasteiger partial charge on any atom is 0.225 e. The molecule has 0 bridgehead atoms. The van der Waals surface area contributed by atoms with Crippen LogP contribution in [0, 0.1) is 0 Å². The molecule has 0 unspecified atom stereocenters. The van der Waals surface area contributed by atoms with Crippen LogP contribution in [0.3, 0.4) is 0 Å². The Balaban J connectivity index is 2.04. The number of anilines is 1. The summed E-state index contributed by atoms with van der Waals surface area (Å²) in [7, 11) is 1.61.